The van der Waals surface area contributed by atoms with E-state index >= 15 is 0 Å². The average Bonchev–Trinajstić information content (AvgIpc) is 3.21. The third kappa shape index (κ3) is 4.74. The predicted molar refractivity (Wildman–Crippen MR) is 154 cm³/mol. The van der Waals surface area contributed by atoms with E-state index in [1.54, 1.807) is 37.1 Å². The summed E-state index contributed by atoms with van der Waals surface area (Å²) in [6.45, 7) is 4.00. The summed E-state index contributed by atoms with van der Waals surface area (Å²) in [7, 11) is 1.66. The Balaban J connectivity index is 1.50. The summed E-state index contributed by atoms with van der Waals surface area (Å²) in [6, 6.07) is 8.90. The highest BCUT2D eigenvalue weighted by Crippen LogP contribution is 2.39. The third-order valence-corrected chi connectivity index (χ3v) is 9.11. The van der Waals surface area contributed by atoms with Crippen molar-refractivity contribution in [1.82, 2.24) is 9.47 Å². The monoisotopic (exact) mass is 551 g/mol. The number of thiocarbonyl (C=S) groups is 1. The van der Waals surface area contributed by atoms with Crippen LogP contribution in [0.5, 0.6) is 0 Å². The molecule has 0 unspecified atom stereocenters. The molecule has 3 fully saturated rings. The zero-order chi connectivity index (χ0) is 27.0. The fraction of sp³-hybridized carbons (Fsp3) is 0.429. The summed E-state index contributed by atoms with van der Waals surface area (Å²) in [4.78, 5) is 33.0. The Kier molecular flexibility index (Phi) is 7.59. The first kappa shape index (κ1) is 26.4. The van der Waals surface area contributed by atoms with Gasteiger partial charge in [-0.2, -0.15) is 5.26 Å². The van der Waals surface area contributed by atoms with Gasteiger partial charge in [0.15, 0.2) is 0 Å². The van der Waals surface area contributed by atoms with Gasteiger partial charge in [0.1, 0.15) is 27.6 Å². The molecule has 2 aliphatic heterocycles. The molecule has 3 aliphatic rings. The number of halogens is 1. The second-order valence-electron chi connectivity index (χ2n) is 9.98. The number of nitrogens with zero attached hydrogens (tertiary/aromatic N) is 5. The van der Waals surface area contributed by atoms with Crippen molar-refractivity contribution < 1.29 is 9.18 Å². The van der Waals surface area contributed by atoms with Crippen LogP contribution in [0.15, 0.2) is 34.0 Å². The molecular weight excluding hydrogens is 521 g/mol. The van der Waals surface area contributed by atoms with Crippen LogP contribution in [0.3, 0.4) is 0 Å². The molecule has 2 saturated heterocycles. The summed E-state index contributed by atoms with van der Waals surface area (Å²) in [6.07, 6.45) is 7.08. The van der Waals surface area contributed by atoms with Crippen LogP contribution < -0.4 is 15.4 Å². The Morgan fingerprint density at radius 1 is 1.08 bits per heavy atom. The SMILES string of the molecule is Cc1c(/C=C2\SC(=S)N(C3CCCCC3)C2=O)c(N2CCN(c3ccccc3F)CC2)n(C)c(=O)c1C#N. The average molecular weight is 552 g/mol. The van der Waals surface area contributed by atoms with E-state index < -0.39 is 0 Å². The number of carbonyl (C=O) groups excluding carboxylic acids is 1. The lowest BCUT2D eigenvalue weighted by atomic mass is 9.94. The van der Waals surface area contributed by atoms with Crippen LogP contribution in [-0.2, 0) is 11.8 Å². The van der Waals surface area contributed by atoms with Gasteiger partial charge < -0.3 is 9.80 Å². The largest absolute Gasteiger partial charge is 0.366 e. The molecule has 0 radical (unpaired) electrons. The first-order valence-corrected chi connectivity index (χ1v) is 14.2. The number of hydrogen-bond donors (Lipinski definition) is 0. The van der Waals surface area contributed by atoms with Crippen LogP contribution in [0.2, 0.25) is 0 Å². The Morgan fingerprint density at radius 2 is 1.74 bits per heavy atom. The van der Waals surface area contributed by atoms with Crippen molar-refractivity contribution in [3.05, 3.63) is 62.0 Å². The summed E-state index contributed by atoms with van der Waals surface area (Å²) in [5, 5.41) is 9.76. The number of anilines is 2. The van der Waals surface area contributed by atoms with Gasteiger partial charge >= 0.3 is 0 Å². The van der Waals surface area contributed by atoms with Crippen LogP contribution in [-0.4, -0.2) is 51.9 Å². The Bertz CT molecular complexity index is 1420. The molecule has 7 nitrogen and oxygen atoms in total. The topological polar surface area (TPSA) is 72.6 Å². The van der Waals surface area contributed by atoms with Gasteiger partial charge in [-0.05, 0) is 43.5 Å². The van der Waals surface area contributed by atoms with Gasteiger partial charge in [-0.1, -0.05) is 55.4 Å². The van der Waals surface area contributed by atoms with Crippen molar-refractivity contribution in [2.75, 3.05) is 36.0 Å². The zero-order valence-corrected chi connectivity index (χ0v) is 23.2. The van der Waals surface area contributed by atoms with Crippen molar-refractivity contribution in [3.63, 3.8) is 0 Å². The van der Waals surface area contributed by atoms with Crippen LogP contribution >= 0.6 is 24.0 Å². The molecule has 1 aromatic carbocycles. The lowest BCUT2D eigenvalue weighted by Gasteiger charge is -2.38. The van der Waals surface area contributed by atoms with Crippen molar-refractivity contribution in [1.29, 1.82) is 5.26 Å². The molecular formula is C28H30FN5O2S2. The Morgan fingerprint density at radius 3 is 2.39 bits per heavy atom. The molecule has 10 heteroatoms. The Labute approximate surface area is 231 Å². The first-order valence-electron chi connectivity index (χ1n) is 13.0. The number of thioether (sulfide) groups is 1. The number of para-hydroxylation sites is 1. The van der Waals surface area contributed by atoms with Crippen molar-refractivity contribution in [2.24, 2.45) is 7.05 Å². The fourth-order valence-electron chi connectivity index (χ4n) is 5.73. The molecule has 1 aromatic heterocycles. The summed E-state index contributed by atoms with van der Waals surface area (Å²) >= 11 is 6.91. The second-order valence-corrected chi connectivity index (χ2v) is 11.7. The van der Waals surface area contributed by atoms with Gasteiger partial charge in [0.25, 0.3) is 11.5 Å². The highest BCUT2D eigenvalue weighted by Gasteiger charge is 2.38. The van der Waals surface area contributed by atoms with Gasteiger partial charge in [0.2, 0.25) is 0 Å². The van der Waals surface area contributed by atoms with Crippen LogP contribution in [0.1, 0.15) is 48.8 Å². The van der Waals surface area contributed by atoms with Gasteiger partial charge in [0, 0.05) is 44.8 Å². The minimum atomic E-state index is -0.372. The molecule has 3 heterocycles. The normalized spacial score (nSPS) is 19.9. The number of piperazine rings is 1. The molecule has 1 saturated carbocycles. The maximum Gasteiger partial charge on any atom is 0.270 e. The van der Waals surface area contributed by atoms with E-state index in [-0.39, 0.29) is 28.9 Å². The molecule has 5 rings (SSSR count). The zero-order valence-electron chi connectivity index (χ0n) is 21.6. The predicted octanol–water partition coefficient (Wildman–Crippen LogP) is 4.57. The van der Waals surface area contributed by atoms with Crippen LogP contribution in [0.4, 0.5) is 15.9 Å². The lowest BCUT2D eigenvalue weighted by molar-refractivity contribution is -0.124. The third-order valence-electron chi connectivity index (χ3n) is 7.78. The van der Waals surface area contributed by atoms with Crippen molar-refractivity contribution >= 4 is 51.8 Å². The summed E-state index contributed by atoms with van der Waals surface area (Å²) in [5.41, 5.74) is 1.47. The molecule has 2 aromatic rings. The Hall–Kier alpha value is -3.16. The second kappa shape index (κ2) is 10.9. The highest BCUT2D eigenvalue weighted by molar-refractivity contribution is 8.26. The number of rotatable bonds is 4. The lowest BCUT2D eigenvalue weighted by Crippen LogP contribution is -2.48. The van der Waals surface area contributed by atoms with Gasteiger partial charge in [-0.3, -0.25) is 19.1 Å². The number of benzene rings is 1. The number of aromatic nitrogens is 1. The fourth-order valence-corrected chi connectivity index (χ4v) is 7.11. The summed E-state index contributed by atoms with van der Waals surface area (Å²) in [5.74, 6) is 0.292. The number of carbonyl (C=O) groups is 1. The van der Waals surface area contributed by atoms with Crippen molar-refractivity contribution in [2.45, 2.75) is 45.1 Å². The molecule has 1 amide bonds. The first-order chi connectivity index (χ1) is 18.3. The molecule has 0 bridgehead atoms. The maximum absolute atomic E-state index is 14.4. The number of hydrogen-bond acceptors (Lipinski definition) is 7. The van der Waals surface area contributed by atoms with Crippen molar-refractivity contribution in [3.8, 4) is 6.07 Å². The van der Waals surface area contributed by atoms with Crippen LogP contribution in [0, 0.1) is 24.1 Å². The van der Waals surface area contributed by atoms with E-state index in [9.17, 15) is 19.2 Å². The van der Waals surface area contributed by atoms with E-state index in [4.69, 9.17) is 12.2 Å². The number of pyridine rings is 1. The minimum absolute atomic E-state index is 0.0650. The molecule has 38 heavy (non-hydrogen) atoms. The van der Waals surface area contributed by atoms with E-state index in [2.05, 4.69) is 11.0 Å². The van der Waals surface area contributed by atoms with E-state index in [0.29, 0.717) is 58.0 Å². The minimum Gasteiger partial charge on any atom is -0.366 e. The molecule has 0 spiro atoms. The van der Waals surface area contributed by atoms with E-state index in [1.807, 2.05) is 11.0 Å². The quantitative estimate of drug-likeness (QED) is 0.407. The smallest absolute Gasteiger partial charge is 0.270 e. The van der Waals surface area contributed by atoms with Gasteiger partial charge in [-0.25, -0.2) is 4.39 Å². The molecule has 1 aliphatic carbocycles. The maximum atomic E-state index is 14.4. The molecule has 0 N–H and O–H groups in total. The summed E-state index contributed by atoms with van der Waals surface area (Å²) < 4.78 is 16.4. The highest BCUT2D eigenvalue weighted by atomic mass is 32.2. The number of nitriles is 1. The van der Waals surface area contributed by atoms with Gasteiger partial charge in [0.05, 0.1) is 10.6 Å². The molecule has 0 atom stereocenters. The molecule has 198 valence electrons. The van der Waals surface area contributed by atoms with E-state index in [0.717, 1.165) is 25.7 Å². The van der Waals surface area contributed by atoms with Crippen LogP contribution in [0.25, 0.3) is 6.08 Å². The standard InChI is InChI=1S/C28H30FN5O2S2/c1-18-20(16-24-27(36)34(28(37)38-24)19-8-4-3-5-9-19)25(31(2)26(35)21(18)17-30)33-14-12-32(13-15-33)23-11-7-6-10-22(23)29/h6-7,10-11,16,19H,3-5,8-9,12-15H2,1-2H3/b24-16-. The number of amides is 1. The van der Waals surface area contributed by atoms with E-state index in [1.165, 1.54) is 28.8 Å². The van der Waals surface area contributed by atoms with Gasteiger partial charge in [-0.15, -0.1) is 0 Å².